The normalized spacial score (nSPS) is 14.2. The van der Waals surface area contributed by atoms with E-state index < -0.39 is 0 Å². The summed E-state index contributed by atoms with van der Waals surface area (Å²) in [6.45, 7) is 5.63. The van der Waals surface area contributed by atoms with Gasteiger partial charge in [-0.3, -0.25) is 9.58 Å². The quantitative estimate of drug-likeness (QED) is 0.356. The first-order valence-corrected chi connectivity index (χ1v) is 12.5. The van der Waals surface area contributed by atoms with Crippen molar-refractivity contribution in [1.29, 1.82) is 0 Å². The van der Waals surface area contributed by atoms with Gasteiger partial charge in [-0.1, -0.05) is 6.07 Å². The highest BCUT2D eigenvalue weighted by molar-refractivity contribution is 5.85. The molecule has 194 valence electrons. The van der Waals surface area contributed by atoms with Crippen molar-refractivity contribution in [3.63, 3.8) is 0 Å². The molecule has 1 fully saturated rings. The second-order valence-corrected chi connectivity index (χ2v) is 9.10. The standard InChI is InChI=1S/C27H34N8O2/c1-28-22-14-23(26(37-4)16-25(22)35-9-7-34(8-10-35)11-12-36-3)32-27-15-21(29-18-30-27)19-5-6-24-20(13-19)17-31-33(24)2/h5-6,13-18,28H,7-12H2,1-4H3,(H,29,30,32). The van der Waals surface area contributed by atoms with Gasteiger partial charge in [-0.15, -0.1) is 0 Å². The van der Waals surface area contributed by atoms with Gasteiger partial charge in [0, 0.05) is 77.0 Å². The van der Waals surface area contributed by atoms with Gasteiger partial charge in [-0.2, -0.15) is 5.10 Å². The summed E-state index contributed by atoms with van der Waals surface area (Å²) in [6, 6.07) is 12.3. The van der Waals surface area contributed by atoms with Crippen molar-refractivity contribution in [2.75, 3.05) is 76.1 Å². The molecule has 2 aromatic heterocycles. The molecule has 37 heavy (non-hydrogen) atoms. The number of aryl methyl sites for hydroxylation is 1. The molecule has 0 atom stereocenters. The molecule has 3 heterocycles. The summed E-state index contributed by atoms with van der Waals surface area (Å²) < 4.78 is 12.9. The van der Waals surface area contributed by atoms with E-state index in [1.165, 1.54) is 0 Å². The Labute approximate surface area is 217 Å². The maximum atomic E-state index is 5.79. The molecule has 0 aliphatic carbocycles. The molecule has 0 spiro atoms. The van der Waals surface area contributed by atoms with E-state index in [2.05, 4.69) is 65.8 Å². The summed E-state index contributed by atoms with van der Waals surface area (Å²) in [5.74, 6) is 1.45. The molecule has 0 bridgehead atoms. The highest BCUT2D eigenvalue weighted by atomic mass is 16.5. The van der Waals surface area contributed by atoms with Crippen LogP contribution in [0.2, 0.25) is 0 Å². The zero-order valence-corrected chi connectivity index (χ0v) is 21.9. The van der Waals surface area contributed by atoms with Gasteiger partial charge in [0.2, 0.25) is 0 Å². The minimum atomic E-state index is 0.691. The molecule has 1 saturated heterocycles. The van der Waals surface area contributed by atoms with Crippen LogP contribution >= 0.6 is 0 Å². The van der Waals surface area contributed by atoms with Crippen molar-refractivity contribution in [3.05, 3.63) is 48.9 Å². The van der Waals surface area contributed by atoms with Crippen LogP contribution in [-0.2, 0) is 11.8 Å². The largest absolute Gasteiger partial charge is 0.494 e. The zero-order valence-electron chi connectivity index (χ0n) is 21.9. The van der Waals surface area contributed by atoms with E-state index in [0.29, 0.717) is 5.82 Å². The van der Waals surface area contributed by atoms with Crippen LogP contribution < -0.4 is 20.3 Å². The molecular formula is C27H34N8O2. The Hall–Kier alpha value is -3.89. The third-order valence-corrected chi connectivity index (χ3v) is 6.88. The molecule has 0 unspecified atom stereocenters. The number of ether oxygens (including phenoxy) is 2. The minimum absolute atomic E-state index is 0.691. The smallest absolute Gasteiger partial charge is 0.144 e. The Morgan fingerprint density at radius 1 is 0.973 bits per heavy atom. The number of benzene rings is 2. The maximum absolute atomic E-state index is 5.79. The van der Waals surface area contributed by atoms with Crippen LogP contribution in [0, 0.1) is 0 Å². The second kappa shape index (κ2) is 11.0. The average molecular weight is 503 g/mol. The Morgan fingerprint density at radius 3 is 2.57 bits per heavy atom. The van der Waals surface area contributed by atoms with Gasteiger partial charge in [0.25, 0.3) is 0 Å². The summed E-state index contributed by atoms with van der Waals surface area (Å²) in [5.41, 5.74) is 5.92. The molecule has 0 amide bonds. The fourth-order valence-corrected chi connectivity index (χ4v) is 4.77. The molecule has 1 aliphatic rings. The van der Waals surface area contributed by atoms with Crippen LogP contribution in [0.15, 0.2) is 48.9 Å². The summed E-state index contributed by atoms with van der Waals surface area (Å²) >= 11 is 0. The SMILES string of the molecule is CNc1cc(Nc2cc(-c3ccc4c(cnn4C)c3)ncn2)c(OC)cc1N1CCN(CCOC)CC1. The molecule has 10 heteroatoms. The molecule has 1 aliphatic heterocycles. The summed E-state index contributed by atoms with van der Waals surface area (Å²) in [7, 11) is 7.33. The molecule has 0 saturated carbocycles. The summed E-state index contributed by atoms with van der Waals surface area (Å²) in [4.78, 5) is 13.8. The van der Waals surface area contributed by atoms with Crippen LogP contribution in [0.3, 0.4) is 0 Å². The third kappa shape index (κ3) is 5.30. The van der Waals surface area contributed by atoms with E-state index in [0.717, 1.165) is 84.3 Å². The number of aromatic nitrogens is 4. The Bertz CT molecular complexity index is 1360. The molecular weight excluding hydrogens is 468 g/mol. The van der Waals surface area contributed by atoms with Crippen molar-refractivity contribution < 1.29 is 9.47 Å². The van der Waals surface area contributed by atoms with Crippen LogP contribution in [0.5, 0.6) is 5.75 Å². The van der Waals surface area contributed by atoms with E-state index >= 15 is 0 Å². The summed E-state index contributed by atoms with van der Waals surface area (Å²) in [5, 5.41) is 12.2. The van der Waals surface area contributed by atoms with Crippen LogP contribution in [0.25, 0.3) is 22.2 Å². The number of nitrogens with zero attached hydrogens (tertiary/aromatic N) is 6. The van der Waals surface area contributed by atoms with Crippen LogP contribution in [0.4, 0.5) is 22.9 Å². The minimum Gasteiger partial charge on any atom is -0.494 e. The topological polar surface area (TPSA) is 92.6 Å². The number of methoxy groups -OCH3 is 2. The molecule has 10 nitrogen and oxygen atoms in total. The number of hydrogen-bond acceptors (Lipinski definition) is 9. The Balaban J connectivity index is 1.37. The zero-order chi connectivity index (χ0) is 25.8. The van der Waals surface area contributed by atoms with Gasteiger partial charge in [-0.25, -0.2) is 9.97 Å². The Morgan fingerprint density at radius 2 is 1.81 bits per heavy atom. The fourth-order valence-electron chi connectivity index (χ4n) is 4.77. The maximum Gasteiger partial charge on any atom is 0.144 e. The first-order valence-electron chi connectivity index (χ1n) is 12.5. The van der Waals surface area contributed by atoms with Crippen LogP contribution in [-0.4, -0.2) is 85.2 Å². The first-order chi connectivity index (χ1) is 18.1. The predicted octanol–water partition coefficient (Wildman–Crippen LogP) is 3.59. The van der Waals surface area contributed by atoms with Crippen molar-refractivity contribution in [2.45, 2.75) is 0 Å². The number of anilines is 4. The van der Waals surface area contributed by atoms with Crippen molar-refractivity contribution in [2.24, 2.45) is 7.05 Å². The molecule has 0 radical (unpaired) electrons. The van der Waals surface area contributed by atoms with Gasteiger partial charge >= 0.3 is 0 Å². The van der Waals surface area contributed by atoms with E-state index in [9.17, 15) is 0 Å². The molecule has 2 N–H and O–H groups in total. The van der Waals surface area contributed by atoms with Gasteiger partial charge in [0.1, 0.15) is 17.9 Å². The fraction of sp³-hybridized carbons (Fsp3) is 0.370. The number of nitrogens with one attached hydrogen (secondary N) is 2. The second-order valence-electron chi connectivity index (χ2n) is 9.10. The van der Waals surface area contributed by atoms with E-state index in [-0.39, 0.29) is 0 Å². The highest BCUT2D eigenvalue weighted by Gasteiger charge is 2.21. The van der Waals surface area contributed by atoms with E-state index in [1.807, 2.05) is 31.0 Å². The van der Waals surface area contributed by atoms with E-state index in [1.54, 1.807) is 20.5 Å². The first kappa shape index (κ1) is 24.8. The van der Waals surface area contributed by atoms with Crippen molar-refractivity contribution in [1.82, 2.24) is 24.6 Å². The van der Waals surface area contributed by atoms with Crippen LogP contribution in [0.1, 0.15) is 0 Å². The Kier molecular flexibility index (Phi) is 7.38. The summed E-state index contributed by atoms with van der Waals surface area (Å²) in [6.07, 6.45) is 3.44. The third-order valence-electron chi connectivity index (χ3n) is 6.88. The molecule has 2 aromatic carbocycles. The monoisotopic (exact) mass is 502 g/mol. The van der Waals surface area contributed by atoms with Gasteiger partial charge in [-0.05, 0) is 18.2 Å². The van der Waals surface area contributed by atoms with Gasteiger partial charge in [0.05, 0.1) is 48.2 Å². The number of rotatable bonds is 9. The lowest BCUT2D eigenvalue weighted by Gasteiger charge is -2.37. The highest BCUT2D eigenvalue weighted by Crippen LogP contribution is 2.38. The number of piperazine rings is 1. The molecule has 5 rings (SSSR count). The van der Waals surface area contributed by atoms with Crippen molar-refractivity contribution >= 4 is 33.8 Å². The molecule has 4 aromatic rings. The lowest BCUT2D eigenvalue weighted by atomic mass is 10.1. The number of hydrogen-bond donors (Lipinski definition) is 2. The van der Waals surface area contributed by atoms with Crippen molar-refractivity contribution in [3.8, 4) is 17.0 Å². The number of fused-ring (bicyclic) bond motifs is 1. The van der Waals surface area contributed by atoms with Gasteiger partial charge in [0.15, 0.2) is 0 Å². The lowest BCUT2D eigenvalue weighted by Crippen LogP contribution is -2.47. The predicted molar refractivity (Wildman–Crippen MR) is 148 cm³/mol. The van der Waals surface area contributed by atoms with Gasteiger partial charge < -0.3 is 25.0 Å². The average Bonchev–Trinajstić information content (AvgIpc) is 3.32. The van der Waals surface area contributed by atoms with E-state index in [4.69, 9.17) is 9.47 Å². The lowest BCUT2D eigenvalue weighted by molar-refractivity contribution is 0.144.